The zero-order chi connectivity index (χ0) is 7.33. The van der Waals surface area contributed by atoms with Gasteiger partial charge in [-0.3, -0.25) is 4.79 Å². The van der Waals surface area contributed by atoms with Crippen LogP contribution in [0.1, 0.15) is 12.8 Å². The van der Waals surface area contributed by atoms with E-state index in [9.17, 15) is 0 Å². The number of carboxylic acid groups (broad SMARTS) is 1. The van der Waals surface area contributed by atoms with Gasteiger partial charge in [-0.05, 0) is 12.8 Å². The zero-order valence-corrected chi connectivity index (χ0v) is 5.08. The second-order valence-corrected chi connectivity index (χ2v) is 2.13. The smallest absolute Gasteiger partial charge is 0.290 e. The third-order valence-electron chi connectivity index (χ3n) is 1.21. The topological polar surface area (TPSA) is 83.5 Å². The number of hydrogen-bond donors (Lipinski definition) is 3. The lowest BCUT2D eigenvalue weighted by Gasteiger charge is -1.97. The van der Waals surface area contributed by atoms with Crippen LogP contribution in [0.15, 0.2) is 0 Å². The van der Waals surface area contributed by atoms with Crippen molar-refractivity contribution in [2.24, 2.45) is 5.73 Å². The fourth-order valence-corrected chi connectivity index (χ4v) is 0.319. The van der Waals surface area contributed by atoms with E-state index in [1.165, 1.54) is 0 Å². The minimum absolute atomic E-state index is 0.153. The highest BCUT2D eigenvalue weighted by molar-refractivity contribution is 5.32. The van der Waals surface area contributed by atoms with Crippen LogP contribution in [-0.2, 0) is 4.79 Å². The van der Waals surface area contributed by atoms with Gasteiger partial charge in [-0.2, -0.15) is 0 Å². The summed E-state index contributed by atoms with van der Waals surface area (Å²) in [7, 11) is 0. The molecule has 0 unspecified atom stereocenters. The first-order valence-corrected chi connectivity index (χ1v) is 2.66. The molecule has 0 spiro atoms. The maximum absolute atomic E-state index is 8.36. The van der Waals surface area contributed by atoms with Crippen LogP contribution in [-0.4, -0.2) is 28.8 Å². The molecular formula is C5H11NO3. The SMILES string of the molecule is NC1(CO)CC1.O=CO. The monoisotopic (exact) mass is 133 g/mol. The van der Waals surface area contributed by atoms with Crippen molar-refractivity contribution in [2.45, 2.75) is 18.4 Å². The number of rotatable bonds is 1. The minimum Gasteiger partial charge on any atom is -0.483 e. The van der Waals surface area contributed by atoms with Gasteiger partial charge < -0.3 is 15.9 Å². The number of hydrogen-bond acceptors (Lipinski definition) is 3. The Balaban J connectivity index is 0.000000187. The Morgan fingerprint density at radius 2 is 2.00 bits per heavy atom. The average Bonchev–Trinajstić information content (AvgIpc) is 2.52. The summed E-state index contributed by atoms with van der Waals surface area (Å²) in [4.78, 5) is 8.36. The van der Waals surface area contributed by atoms with Crippen LogP contribution < -0.4 is 5.73 Å². The van der Waals surface area contributed by atoms with E-state index in [4.69, 9.17) is 20.7 Å². The van der Waals surface area contributed by atoms with Gasteiger partial charge in [-0.15, -0.1) is 0 Å². The standard InChI is InChI=1S/C4H9NO.CH2O2/c5-4(3-6)1-2-4;2-1-3/h6H,1-3,5H2;1H,(H,2,3). The molecule has 0 aromatic heterocycles. The van der Waals surface area contributed by atoms with Gasteiger partial charge >= 0.3 is 0 Å². The quantitative estimate of drug-likeness (QED) is 0.408. The molecule has 0 aromatic carbocycles. The molecule has 0 saturated heterocycles. The lowest BCUT2D eigenvalue weighted by molar-refractivity contribution is -0.122. The van der Waals surface area contributed by atoms with Crippen molar-refractivity contribution >= 4 is 6.47 Å². The molecule has 0 heterocycles. The molecule has 1 aliphatic carbocycles. The van der Waals surface area contributed by atoms with E-state index in [1.54, 1.807) is 0 Å². The fraction of sp³-hybridized carbons (Fsp3) is 0.800. The summed E-state index contributed by atoms with van der Waals surface area (Å²) in [6.07, 6.45) is 2.01. The summed E-state index contributed by atoms with van der Waals surface area (Å²) in [5, 5.41) is 15.2. The summed E-state index contributed by atoms with van der Waals surface area (Å²) in [6.45, 7) is -0.0903. The van der Waals surface area contributed by atoms with Gasteiger partial charge in [0, 0.05) is 5.54 Å². The van der Waals surface area contributed by atoms with Crippen molar-refractivity contribution in [1.29, 1.82) is 0 Å². The molecule has 0 radical (unpaired) electrons. The maximum atomic E-state index is 8.36. The van der Waals surface area contributed by atoms with Gasteiger partial charge in [0.1, 0.15) is 0 Å². The van der Waals surface area contributed by atoms with Crippen molar-refractivity contribution in [3.05, 3.63) is 0 Å². The molecule has 4 nitrogen and oxygen atoms in total. The highest BCUT2D eigenvalue weighted by Gasteiger charge is 2.36. The number of aliphatic hydroxyl groups excluding tert-OH is 1. The van der Waals surface area contributed by atoms with Crippen LogP contribution in [0.2, 0.25) is 0 Å². The minimum atomic E-state index is -0.250. The molecule has 1 aliphatic rings. The van der Waals surface area contributed by atoms with Gasteiger partial charge in [0.2, 0.25) is 0 Å². The van der Waals surface area contributed by atoms with Crippen molar-refractivity contribution < 1.29 is 15.0 Å². The predicted molar refractivity (Wildman–Crippen MR) is 31.9 cm³/mol. The third kappa shape index (κ3) is 3.93. The third-order valence-corrected chi connectivity index (χ3v) is 1.21. The lowest BCUT2D eigenvalue weighted by Crippen LogP contribution is -2.25. The largest absolute Gasteiger partial charge is 0.483 e. The molecule has 1 saturated carbocycles. The van der Waals surface area contributed by atoms with Crippen LogP contribution in [0.5, 0.6) is 0 Å². The average molecular weight is 133 g/mol. The van der Waals surface area contributed by atoms with Gasteiger partial charge in [0.15, 0.2) is 0 Å². The van der Waals surface area contributed by atoms with Crippen LogP contribution in [0.25, 0.3) is 0 Å². The van der Waals surface area contributed by atoms with E-state index in [0.717, 1.165) is 12.8 Å². The van der Waals surface area contributed by atoms with Crippen molar-refractivity contribution in [3.8, 4) is 0 Å². The fourth-order valence-electron chi connectivity index (χ4n) is 0.319. The lowest BCUT2D eigenvalue weighted by atomic mass is 10.3. The molecule has 0 aromatic rings. The Labute approximate surface area is 53.3 Å². The van der Waals surface area contributed by atoms with E-state index in [0.29, 0.717) is 0 Å². The molecule has 0 aliphatic heterocycles. The van der Waals surface area contributed by atoms with Crippen molar-refractivity contribution in [3.63, 3.8) is 0 Å². The van der Waals surface area contributed by atoms with Crippen LogP contribution in [0.3, 0.4) is 0 Å². The molecule has 1 rings (SSSR count). The summed E-state index contributed by atoms with van der Waals surface area (Å²) < 4.78 is 0. The number of carbonyl (C=O) groups is 1. The van der Waals surface area contributed by atoms with E-state index >= 15 is 0 Å². The van der Waals surface area contributed by atoms with Gasteiger partial charge in [-0.25, -0.2) is 0 Å². The highest BCUT2D eigenvalue weighted by atomic mass is 16.3. The van der Waals surface area contributed by atoms with Crippen LogP contribution in [0.4, 0.5) is 0 Å². The molecular weight excluding hydrogens is 122 g/mol. The highest BCUT2D eigenvalue weighted by Crippen LogP contribution is 2.30. The van der Waals surface area contributed by atoms with Crippen molar-refractivity contribution in [2.75, 3.05) is 6.61 Å². The molecule has 4 N–H and O–H groups in total. The second kappa shape index (κ2) is 3.42. The molecule has 0 amide bonds. The van der Waals surface area contributed by atoms with E-state index in [-0.39, 0.29) is 18.6 Å². The summed E-state index contributed by atoms with van der Waals surface area (Å²) in [5.74, 6) is 0. The normalized spacial score (nSPS) is 19.3. The Morgan fingerprint density at radius 1 is 1.67 bits per heavy atom. The Kier molecular flexibility index (Phi) is 3.19. The molecule has 0 atom stereocenters. The van der Waals surface area contributed by atoms with Crippen LogP contribution in [0, 0.1) is 0 Å². The van der Waals surface area contributed by atoms with Crippen LogP contribution >= 0.6 is 0 Å². The predicted octanol–water partition coefficient (Wildman–Crippen LogP) is -0.829. The summed E-state index contributed by atoms with van der Waals surface area (Å²) in [5.41, 5.74) is 5.24. The van der Waals surface area contributed by atoms with Gasteiger partial charge in [0.05, 0.1) is 6.61 Å². The Hall–Kier alpha value is -0.610. The number of aliphatic hydroxyl groups is 1. The Bertz CT molecular complexity index is 90.2. The first-order valence-electron chi connectivity index (χ1n) is 2.66. The summed E-state index contributed by atoms with van der Waals surface area (Å²) >= 11 is 0. The Morgan fingerprint density at radius 3 is 2.00 bits per heavy atom. The van der Waals surface area contributed by atoms with E-state index in [1.807, 2.05) is 0 Å². The maximum Gasteiger partial charge on any atom is 0.290 e. The molecule has 4 heteroatoms. The molecule has 1 fully saturated rings. The van der Waals surface area contributed by atoms with Gasteiger partial charge in [0.25, 0.3) is 6.47 Å². The van der Waals surface area contributed by atoms with E-state index in [2.05, 4.69) is 0 Å². The zero-order valence-electron chi connectivity index (χ0n) is 5.08. The first kappa shape index (κ1) is 8.39. The second-order valence-electron chi connectivity index (χ2n) is 2.13. The molecule has 54 valence electrons. The number of nitrogens with two attached hydrogens (primary N) is 1. The van der Waals surface area contributed by atoms with Gasteiger partial charge in [-0.1, -0.05) is 0 Å². The van der Waals surface area contributed by atoms with E-state index < -0.39 is 0 Å². The summed E-state index contributed by atoms with van der Waals surface area (Å²) in [6, 6.07) is 0. The first-order chi connectivity index (χ1) is 4.18. The molecule has 9 heavy (non-hydrogen) atoms. The van der Waals surface area contributed by atoms with Crippen molar-refractivity contribution in [1.82, 2.24) is 0 Å². The molecule has 0 bridgehead atoms.